The zero-order valence-corrected chi connectivity index (χ0v) is 11.2. The fraction of sp³-hybridized carbons (Fsp3) is 0.200. The molecule has 0 aliphatic heterocycles. The van der Waals surface area contributed by atoms with Crippen molar-refractivity contribution in [1.29, 1.82) is 0 Å². The number of nitro groups is 1. The summed E-state index contributed by atoms with van der Waals surface area (Å²) in [6, 6.07) is 16.3. The lowest BCUT2D eigenvalue weighted by molar-refractivity contribution is -0.482. The molecule has 0 aromatic heterocycles. The lowest BCUT2D eigenvalue weighted by Gasteiger charge is -2.17. The average molecular weight is 272 g/mol. The number of hydrogen-bond acceptors (Lipinski definition) is 4. The topological polar surface area (TPSA) is 64.4 Å². The highest BCUT2D eigenvalue weighted by Gasteiger charge is 2.17. The zero-order chi connectivity index (χ0) is 14.4. The van der Waals surface area contributed by atoms with E-state index < -0.39 is 0 Å². The maximum atomic E-state index is 10.8. The number of nitrogens with one attached hydrogen (secondary N) is 1. The van der Waals surface area contributed by atoms with Crippen LogP contribution in [-0.2, 0) is 0 Å². The van der Waals surface area contributed by atoms with Gasteiger partial charge in [-0.15, -0.1) is 0 Å². The van der Waals surface area contributed by atoms with E-state index in [0.717, 1.165) is 17.0 Å². The van der Waals surface area contributed by atoms with Gasteiger partial charge in [-0.25, -0.2) is 0 Å². The van der Waals surface area contributed by atoms with Crippen molar-refractivity contribution in [2.75, 3.05) is 19.0 Å². The molecule has 0 bridgehead atoms. The quantitative estimate of drug-likeness (QED) is 0.648. The van der Waals surface area contributed by atoms with E-state index in [9.17, 15) is 10.1 Å². The predicted molar refractivity (Wildman–Crippen MR) is 77.7 cm³/mol. The van der Waals surface area contributed by atoms with E-state index in [1.165, 1.54) is 0 Å². The summed E-state index contributed by atoms with van der Waals surface area (Å²) in [4.78, 5) is 10.5. The normalized spacial score (nSPS) is 11.7. The van der Waals surface area contributed by atoms with Gasteiger partial charge in [0.05, 0.1) is 7.11 Å². The number of benzene rings is 2. The van der Waals surface area contributed by atoms with Crippen LogP contribution in [0.3, 0.4) is 0 Å². The standard InChI is InChI=1S/C15H16N2O3/c1-20-14-9-7-12(8-10-14)15(11-17(18)19)16-13-5-3-2-4-6-13/h2-10,15-16H,11H2,1H3. The molecule has 1 atom stereocenters. The monoisotopic (exact) mass is 272 g/mol. The molecule has 0 aliphatic carbocycles. The van der Waals surface area contributed by atoms with Crippen molar-refractivity contribution in [3.8, 4) is 5.75 Å². The third-order valence-electron chi connectivity index (χ3n) is 2.96. The van der Waals surface area contributed by atoms with E-state index in [0.29, 0.717) is 0 Å². The molecular weight excluding hydrogens is 256 g/mol. The summed E-state index contributed by atoms with van der Waals surface area (Å²) >= 11 is 0. The summed E-state index contributed by atoms with van der Waals surface area (Å²) in [6.45, 7) is -0.179. The Morgan fingerprint density at radius 1 is 1.15 bits per heavy atom. The number of methoxy groups -OCH3 is 1. The van der Waals surface area contributed by atoms with Crippen molar-refractivity contribution in [3.05, 3.63) is 70.3 Å². The van der Waals surface area contributed by atoms with E-state index >= 15 is 0 Å². The molecule has 2 aromatic rings. The van der Waals surface area contributed by atoms with E-state index in [1.807, 2.05) is 42.5 Å². The van der Waals surface area contributed by atoms with Gasteiger partial charge in [-0.3, -0.25) is 10.1 Å². The molecule has 2 aromatic carbocycles. The molecule has 5 heteroatoms. The van der Waals surface area contributed by atoms with Crippen LogP contribution in [0.4, 0.5) is 5.69 Å². The summed E-state index contributed by atoms with van der Waals surface area (Å²) in [5, 5.41) is 14.0. The van der Waals surface area contributed by atoms with Gasteiger partial charge >= 0.3 is 0 Å². The number of hydrogen-bond donors (Lipinski definition) is 1. The van der Waals surface area contributed by atoms with Crippen LogP contribution in [0, 0.1) is 10.1 Å². The van der Waals surface area contributed by atoms with Crippen LogP contribution in [0.15, 0.2) is 54.6 Å². The van der Waals surface area contributed by atoms with Gasteiger partial charge in [-0.1, -0.05) is 30.3 Å². The van der Waals surface area contributed by atoms with Gasteiger partial charge in [-0.05, 0) is 29.8 Å². The summed E-state index contributed by atoms with van der Waals surface area (Å²) < 4.78 is 5.09. The molecule has 104 valence electrons. The van der Waals surface area contributed by atoms with Crippen LogP contribution < -0.4 is 10.1 Å². The molecule has 0 aliphatic rings. The molecule has 0 spiro atoms. The van der Waals surface area contributed by atoms with Gasteiger partial charge in [0.1, 0.15) is 11.8 Å². The minimum Gasteiger partial charge on any atom is -0.497 e. The maximum Gasteiger partial charge on any atom is 0.227 e. The third-order valence-corrected chi connectivity index (χ3v) is 2.96. The Kier molecular flexibility index (Phi) is 4.55. The molecule has 0 amide bonds. The van der Waals surface area contributed by atoms with E-state index in [-0.39, 0.29) is 17.5 Å². The average Bonchev–Trinajstić information content (AvgIpc) is 2.47. The van der Waals surface area contributed by atoms with Crippen molar-refractivity contribution in [2.45, 2.75) is 6.04 Å². The molecule has 5 nitrogen and oxygen atoms in total. The first-order valence-corrected chi connectivity index (χ1v) is 6.26. The number of para-hydroxylation sites is 1. The lowest BCUT2D eigenvalue weighted by atomic mass is 10.1. The Bertz CT molecular complexity index is 555. The van der Waals surface area contributed by atoms with Crippen LogP contribution in [0.2, 0.25) is 0 Å². The van der Waals surface area contributed by atoms with E-state index in [1.54, 1.807) is 19.2 Å². The SMILES string of the molecule is COc1ccc(C(C[N+](=O)[O-])Nc2ccccc2)cc1. The van der Waals surface area contributed by atoms with Gasteiger partial charge in [-0.2, -0.15) is 0 Å². The molecule has 20 heavy (non-hydrogen) atoms. The van der Waals surface area contributed by atoms with Crippen LogP contribution in [-0.4, -0.2) is 18.6 Å². The van der Waals surface area contributed by atoms with Gasteiger partial charge in [0, 0.05) is 10.6 Å². The van der Waals surface area contributed by atoms with Crippen molar-refractivity contribution in [2.24, 2.45) is 0 Å². The summed E-state index contributed by atoms with van der Waals surface area (Å²) in [5.41, 5.74) is 1.71. The first-order valence-electron chi connectivity index (χ1n) is 6.26. The first-order chi connectivity index (χ1) is 9.69. The molecule has 0 heterocycles. The molecule has 0 saturated carbocycles. The molecular formula is C15H16N2O3. The Hall–Kier alpha value is -2.56. The van der Waals surface area contributed by atoms with Gasteiger partial charge < -0.3 is 10.1 Å². The van der Waals surface area contributed by atoms with Crippen LogP contribution >= 0.6 is 0 Å². The molecule has 1 N–H and O–H groups in total. The summed E-state index contributed by atoms with van der Waals surface area (Å²) in [5.74, 6) is 0.730. The van der Waals surface area contributed by atoms with E-state index in [2.05, 4.69) is 5.32 Å². The van der Waals surface area contributed by atoms with Crippen LogP contribution in [0.5, 0.6) is 5.75 Å². The number of ether oxygens (including phenoxy) is 1. The molecule has 0 radical (unpaired) electrons. The minimum atomic E-state index is -0.377. The number of anilines is 1. The second-order valence-corrected chi connectivity index (χ2v) is 4.35. The fourth-order valence-corrected chi connectivity index (χ4v) is 1.96. The van der Waals surface area contributed by atoms with Gasteiger partial charge in [0.2, 0.25) is 6.54 Å². The molecule has 0 saturated heterocycles. The molecule has 1 unspecified atom stereocenters. The summed E-state index contributed by atoms with van der Waals surface area (Å²) in [6.07, 6.45) is 0. The highest BCUT2D eigenvalue weighted by atomic mass is 16.6. The second-order valence-electron chi connectivity index (χ2n) is 4.35. The van der Waals surface area contributed by atoms with Crippen molar-refractivity contribution in [3.63, 3.8) is 0 Å². The maximum absolute atomic E-state index is 10.8. The Morgan fingerprint density at radius 3 is 2.35 bits per heavy atom. The molecule has 0 fully saturated rings. The fourth-order valence-electron chi connectivity index (χ4n) is 1.96. The Balaban J connectivity index is 2.19. The van der Waals surface area contributed by atoms with Crippen molar-refractivity contribution in [1.82, 2.24) is 0 Å². The predicted octanol–water partition coefficient (Wildman–Crippen LogP) is 3.13. The van der Waals surface area contributed by atoms with Gasteiger partial charge in [0.15, 0.2) is 0 Å². The van der Waals surface area contributed by atoms with E-state index in [4.69, 9.17) is 4.74 Å². The lowest BCUT2D eigenvalue weighted by Crippen LogP contribution is -2.20. The number of nitrogens with zero attached hydrogens (tertiary/aromatic N) is 1. The number of rotatable bonds is 6. The first kappa shape index (κ1) is 13.9. The van der Waals surface area contributed by atoms with Crippen LogP contribution in [0.25, 0.3) is 0 Å². The Labute approximate surface area is 117 Å². The largest absolute Gasteiger partial charge is 0.497 e. The minimum absolute atomic E-state index is 0.179. The Morgan fingerprint density at radius 2 is 1.80 bits per heavy atom. The van der Waals surface area contributed by atoms with Crippen LogP contribution in [0.1, 0.15) is 11.6 Å². The smallest absolute Gasteiger partial charge is 0.227 e. The highest BCUT2D eigenvalue weighted by molar-refractivity contribution is 5.45. The van der Waals surface area contributed by atoms with Crippen molar-refractivity contribution >= 4 is 5.69 Å². The molecule has 2 rings (SSSR count). The third kappa shape index (κ3) is 3.71. The van der Waals surface area contributed by atoms with Crippen molar-refractivity contribution < 1.29 is 9.66 Å². The highest BCUT2D eigenvalue weighted by Crippen LogP contribution is 2.22. The summed E-state index contributed by atoms with van der Waals surface area (Å²) in [7, 11) is 1.59. The zero-order valence-electron chi connectivity index (χ0n) is 11.2. The van der Waals surface area contributed by atoms with Gasteiger partial charge in [0.25, 0.3) is 0 Å². The second kappa shape index (κ2) is 6.56.